The summed E-state index contributed by atoms with van der Waals surface area (Å²) in [5, 5.41) is 14.1. The number of rotatable bonds is 6. The van der Waals surface area contributed by atoms with Crippen LogP contribution in [-0.4, -0.2) is 48.6 Å². The molecule has 1 amide bonds. The van der Waals surface area contributed by atoms with Gasteiger partial charge in [0, 0.05) is 47.5 Å². The van der Waals surface area contributed by atoms with Gasteiger partial charge in [-0.1, -0.05) is 11.6 Å². The Hall–Kier alpha value is -3.21. The van der Waals surface area contributed by atoms with Crippen molar-refractivity contribution >= 4 is 57.6 Å². The van der Waals surface area contributed by atoms with Crippen LogP contribution in [0.1, 0.15) is 46.0 Å². The first-order valence-electron chi connectivity index (χ1n) is 12.8. The molecule has 1 aliphatic rings. The highest BCUT2D eigenvalue weighted by Crippen LogP contribution is 2.35. The molecule has 0 bridgehead atoms. The molecule has 1 aliphatic heterocycles. The molecule has 0 saturated carbocycles. The van der Waals surface area contributed by atoms with E-state index >= 15 is 4.39 Å². The number of halogens is 2. The maximum Gasteiger partial charge on any atom is 0.227 e. The fraction of sp³-hybridized carbons (Fsp3) is 0.357. The number of thioether (sulfide) groups is 1. The van der Waals surface area contributed by atoms with Crippen molar-refractivity contribution in [3.05, 3.63) is 59.3 Å². The molecule has 0 atom stereocenters. The molecule has 3 heterocycles. The van der Waals surface area contributed by atoms with Gasteiger partial charge in [0.25, 0.3) is 0 Å². The molecule has 204 valence electrons. The lowest BCUT2D eigenvalue weighted by Crippen LogP contribution is -2.31. The number of hydrogen-bond acceptors (Lipinski definition) is 7. The second-order valence-electron chi connectivity index (χ2n) is 10.3. The molecular weight excluding hydrogens is 539 g/mol. The smallest absolute Gasteiger partial charge is 0.227 e. The molecule has 0 unspecified atom stereocenters. The number of anilines is 3. The van der Waals surface area contributed by atoms with Gasteiger partial charge in [-0.05, 0) is 64.1 Å². The Kier molecular flexibility index (Phi) is 7.54. The Labute approximate surface area is 235 Å². The fourth-order valence-corrected chi connectivity index (χ4v) is 5.71. The highest BCUT2D eigenvalue weighted by atomic mass is 35.5. The maximum absolute atomic E-state index is 15.3. The van der Waals surface area contributed by atoms with Crippen LogP contribution in [0.5, 0.6) is 0 Å². The van der Waals surface area contributed by atoms with Crippen molar-refractivity contribution in [2.24, 2.45) is 0 Å². The number of aromatic nitrogens is 4. The minimum Gasteiger partial charge on any atom is -0.383 e. The number of nitrogens with one attached hydrogen (secondary N) is 1. The van der Waals surface area contributed by atoms with Crippen molar-refractivity contribution in [1.82, 2.24) is 19.5 Å². The van der Waals surface area contributed by atoms with Gasteiger partial charge in [0.15, 0.2) is 5.82 Å². The average Bonchev–Trinajstić information content (AvgIpc) is 3.17. The van der Waals surface area contributed by atoms with Crippen LogP contribution in [0.2, 0.25) is 5.02 Å². The number of imidazole rings is 1. The summed E-state index contributed by atoms with van der Waals surface area (Å²) in [6, 6.07) is 10.6. The van der Waals surface area contributed by atoms with Crippen molar-refractivity contribution in [3.8, 4) is 11.3 Å². The lowest BCUT2D eigenvalue weighted by Gasteiger charge is -2.21. The number of benzene rings is 2. The molecule has 8 nitrogen and oxygen atoms in total. The maximum atomic E-state index is 15.3. The number of carbonyl (C=O) groups is 1. The van der Waals surface area contributed by atoms with Crippen LogP contribution in [0.4, 0.5) is 21.7 Å². The SMILES string of the molecule is CC(C)n1c(C(C)(C)O)nc2c(F)cc(-c3nc(Nc4ccc(N5CCSCCC5=O)cc4)ncc3Cl)cc21. The molecule has 5 rings (SSSR count). The Morgan fingerprint density at radius 2 is 1.90 bits per heavy atom. The van der Waals surface area contributed by atoms with E-state index in [0.29, 0.717) is 41.5 Å². The van der Waals surface area contributed by atoms with Crippen LogP contribution < -0.4 is 10.2 Å². The Bertz CT molecular complexity index is 1530. The summed E-state index contributed by atoms with van der Waals surface area (Å²) in [7, 11) is 0. The average molecular weight is 569 g/mol. The van der Waals surface area contributed by atoms with Crippen LogP contribution >= 0.6 is 23.4 Å². The third-order valence-electron chi connectivity index (χ3n) is 6.49. The molecule has 11 heteroatoms. The topological polar surface area (TPSA) is 96.2 Å². The molecule has 0 radical (unpaired) electrons. The van der Waals surface area contributed by atoms with E-state index < -0.39 is 11.4 Å². The number of amides is 1. The summed E-state index contributed by atoms with van der Waals surface area (Å²) in [4.78, 5) is 27.5. The van der Waals surface area contributed by atoms with Gasteiger partial charge >= 0.3 is 0 Å². The Morgan fingerprint density at radius 3 is 2.59 bits per heavy atom. The molecule has 2 aromatic carbocycles. The second kappa shape index (κ2) is 10.7. The van der Waals surface area contributed by atoms with E-state index in [4.69, 9.17) is 11.6 Å². The normalized spacial score (nSPS) is 14.8. The molecular formula is C28H30ClFN6O2S. The van der Waals surface area contributed by atoms with Gasteiger partial charge in [-0.2, -0.15) is 11.8 Å². The van der Waals surface area contributed by atoms with Crippen LogP contribution in [0.15, 0.2) is 42.6 Å². The number of carbonyl (C=O) groups excluding carboxylic acids is 1. The molecule has 1 fully saturated rings. The van der Waals surface area contributed by atoms with E-state index in [-0.39, 0.29) is 22.5 Å². The van der Waals surface area contributed by atoms with Gasteiger partial charge in [-0.3, -0.25) is 4.79 Å². The summed E-state index contributed by atoms with van der Waals surface area (Å²) >= 11 is 8.26. The molecule has 0 aliphatic carbocycles. The summed E-state index contributed by atoms with van der Waals surface area (Å²) in [6.07, 6.45) is 2.01. The summed E-state index contributed by atoms with van der Waals surface area (Å²) in [5.74, 6) is 2.03. The van der Waals surface area contributed by atoms with E-state index in [2.05, 4.69) is 20.3 Å². The van der Waals surface area contributed by atoms with Crippen molar-refractivity contribution in [2.75, 3.05) is 28.3 Å². The third kappa shape index (κ3) is 5.59. The third-order valence-corrected chi connectivity index (χ3v) is 7.73. The van der Waals surface area contributed by atoms with Crippen molar-refractivity contribution in [1.29, 1.82) is 0 Å². The van der Waals surface area contributed by atoms with Crippen molar-refractivity contribution < 1.29 is 14.3 Å². The highest BCUT2D eigenvalue weighted by Gasteiger charge is 2.28. The molecule has 2 N–H and O–H groups in total. The first-order valence-corrected chi connectivity index (χ1v) is 14.3. The van der Waals surface area contributed by atoms with Gasteiger partial charge in [0.2, 0.25) is 11.9 Å². The zero-order valence-corrected chi connectivity index (χ0v) is 23.8. The predicted molar refractivity (Wildman–Crippen MR) is 155 cm³/mol. The standard InChI is InChI=1S/C28H30ClFN6O2S/c1-16(2)36-22-14-17(13-21(30)25(22)33-26(36)28(3,4)38)24-20(29)15-31-27(34-24)32-18-5-7-19(8-6-18)35-10-12-39-11-9-23(35)37/h5-8,13-16,38H,9-12H2,1-4H3,(H,31,32,34). The summed E-state index contributed by atoms with van der Waals surface area (Å²) < 4.78 is 17.1. The second-order valence-corrected chi connectivity index (χ2v) is 11.9. The first kappa shape index (κ1) is 27.4. The number of aliphatic hydroxyl groups is 1. The zero-order valence-electron chi connectivity index (χ0n) is 22.2. The lowest BCUT2D eigenvalue weighted by atomic mass is 10.1. The van der Waals surface area contributed by atoms with E-state index in [1.807, 2.05) is 47.6 Å². The van der Waals surface area contributed by atoms with Crippen molar-refractivity contribution in [3.63, 3.8) is 0 Å². The Balaban J connectivity index is 1.47. The predicted octanol–water partition coefficient (Wildman–Crippen LogP) is 6.31. The van der Waals surface area contributed by atoms with Crippen LogP contribution in [0.3, 0.4) is 0 Å². The van der Waals surface area contributed by atoms with Gasteiger partial charge in [-0.25, -0.2) is 19.3 Å². The van der Waals surface area contributed by atoms with Crippen LogP contribution in [-0.2, 0) is 10.4 Å². The number of fused-ring (bicyclic) bond motifs is 1. The number of nitrogens with zero attached hydrogens (tertiary/aromatic N) is 5. The first-order chi connectivity index (χ1) is 18.5. The highest BCUT2D eigenvalue weighted by molar-refractivity contribution is 7.99. The summed E-state index contributed by atoms with van der Waals surface area (Å²) in [5.41, 5.74) is 1.87. The molecule has 0 spiro atoms. The minimum atomic E-state index is -1.26. The van der Waals surface area contributed by atoms with Gasteiger partial charge < -0.3 is 19.9 Å². The van der Waals surface area contributed by atoms with E-state index in [0.717, 1.165) is 22.9 Å². The van der Waals surface area contributed by atoms with E-state index in [9.17, 15) is 9.90 Å². The van der Waals surface area contributed by atoms with Gasteiger partial charge in [-0.15, -0.1) is 0 Å². The molecule has 39 heavy (non-hydrogen) atoms. The van der Waals surface area contributed by atoms with E-state index in [1.54, 1.807) is 31.7 Å². The minimum absolute atomic E-state index is 0.0736. The molecule has 1 saturated heterocycles. The molecule has 2 aromatic heterocycles. The Morgan fingerprint density at radius 1 is 1.15 bits per heavy atom. The summed E-state index contributed by atoms with van der Waals surface area (Å²) in [6.45, 7) is 7.85. The van der Waals surface area contributed by atoms with Crippen molar-refractivity contribution in [2.45, 2.75) is 45.8 Å². The quantitative estimate of drug-likeness (QED) is 0.281. The van der Waals surface area contributed by atoms with Crippen LogP contribution in [0.25, 0.3) is 22.3 Å². The van der Waals surface area contributed by atoms with Gasteiger partial charge in [0.1, 0.15) is 16.9 Å². The largest absolute Gasteiger partial charge is 0.383 e. The fourth-order valence-electron chi connectivity index (χ4n) is 4.68. The van der Waals surface area contributed by atoms with Crippen LogP contribution in [0, 0.1) is 5.82 Å². The van der Waals surface area contributed by atoms with Gasteiger partial charge in [0.05, 0.1) is 22.4 Å². The lowest BCUT2D eigenvalue weighted by molar-refractivity contribution is -0.118. The van der Waals surface area contributed by atoms with E-state index in [1.165, 1.54) is 12.3 Å². The zero-order chi connectivity index (χ0) is 27.9. The monoisotopic (exact) mass is 568 g/mol. The number of hydrogen-bond donors (Lipinski definition) is 2. The molecule has 4 aromatic rings.